The number of aromatic nitrogens is 1. The third-order valence-electron chi connectivity index (χ3n) is 3.77. The molecule has 9 nitrogen and oxygen atoms in total. The van der Waals surface area contributed by atoms with E-state index in [9.17, 15) is 14.4 Å². The van der Waals surface area contributed by atoms with Gasteiger partial charge in [0.25, 0.3) is 5.91 Å². The summed E-state index contributed by atoms with van der Waals surface area (Å²) in [5.74, 6) is -0.390. The van der Waals surface area contributed by atoms with E-state index in [1.54, 1.807) is 11.4 Å². The van der Waals surface area contributed by atoms with Crippen molar-refractivity contribution in [2.45, 2.75) is 20.3 Å². The van der Waals surface area contributed by atoms with Crippen molar-refractivity contribution in [1.82, 2.24) is 15.2 Å². The van der Waals surface area contributed by atoms with Crippen molar-refractivity contribution < 1.29 is 23.5 Å². The fourth-order valence-electron chi connectivity index (χ4n) is 2.33. The highest BCUT2D eigenvalue weighted by atomic mass is 32.1. The van der Waals surface area contributed by atoms with Gasteiger partial charge in [-0.2, -0.15) is 0 Å². The molecule has 2 rings (SSSR count). The highest BCUT2D eigenvalue weighted by molar-refractivity contribution is 7.13. The molecule has 29 heavy (non-hydrogen) atoms. The van der Waals surface area contributed by atoms with Gasteiger partial charge in [-0.15, -0.1) is 11.3 Å². The SMILES string of the molecule is COCCN(CC(=O)Nc1nc(CC(=O)NCC(C)C)cs1)C(=O)c1ccco1. The van der Waals surface area contributed by atoms with Gasteiger partial charge >= 0.3 is 0 Å². The van der Waals surface area contributed by atoms with Crippen molar-refractivity contribution in [3.8, 4) is 0 Å². The van der Waals surface area contributed by atoms with Crippen molar-refractivity contribution in [3.05, 3.63) is 35.2 Å². The Labute approximate surface area is 173 Å². The van der Waals surface area contributed by atoms with Crippen LogP contribution in [0.25, 0.3) is 0 Å². The topological polar surface area (TPSA) is 114 Å². The average molecular weight is 423 g/mol. The number of anilines is 1. The summed E-state index contributed by atoms with van der Waals surface area (Å²) in [6.45, 7) is 4.99. The molecule has 0 aliphatic heterocycles. The number of methoxy groups -OCH3 is 1. The van der Waals surface area contributed by atoms with E-state index in [1.807, 2.05) is 13.8 Å². The first-order chi connectivity index (χ1) is 13.9. The van der Waals surface area contributed by atoms with Gasteiger partial charge in [-0.05, 0) is 18.1 Å². The zero-order chi connectivity index (χ0) is 21.2. The van der Waals surface area contributed by atoms with Gasteiger partial charge < -0.3 is 24.7 Å². The van der Waals surface area contributed by atoms with Crippen molar-refractivity contribution in [2.75, 3.05) is 38.7 Å². The Morgan fingerprint density at radius 1 is 1.31 bits per heavy atom. The molecule has 0 fully saturated rings. The Kier molecular flexibility index (Phi) is 8.81. The van der Waals surface area contributed by atoms with E-state index in [4.69, 9.17) is 9.15 Å². The van der Waals surface area contributed by atoms with Gasteiger partial charge in [0, 0.05) is 25.6 Å². The molecule has 0 aliphatic carbocycles. The number of nitrogens with zero attached hydrogens (tertiary/aromatic N) is 2. The first-order valence-electron chi connectivity index (χ1n) is 9.21. The van der Waals surface area contributed by atoms with Crippen LogP contribution in [-0.2, 0) is 20.7 Å². The Morgan fingerprint density at radius 3 is 2.76 bits per heavy atom. The maximum Gasteiger partial charge on any atom is 0.290 e. The van der Waals surface area contributed by atoms with Gasteiger partial charge in [-0.1, -0.05) is 13.8 Å². The van der Waals surface area contributed by atoms with Crippen LogP contribution >= 0.6 is 11.3 Å². The molecule has 0 unspecified atom stereocenters. The van der Waals surface area contributed by atoms with Gasteiger partial charge in [0.1, 0.15) is 6.54 Å². The van der Waals surface area contributed by atoms with Gasteiger partial charge in [0.2, 0.25) is 11.8 Å². The van der Waals surface area contributed by atoms with Crippen LogP contribution in [0, 0.1) is 5.92 Å². The maximum absolute atomic E-state index is 12.5. The number of ether oxygens (including phenoxy) is 1. The number of hydrogen-bond acceptors (Lipinski definition) is 7. The molecule has 0 saturated heterocycles. The van der Waals surface area contributed by atoms with Crippen LogP contribution in [0.2, 0.25) is 0 Å². The molecule has 0 aromatic carbocycles. The molecule has 0 saturated carbocycles. The zero-order valence-electron chi connectivity index (χ0n) is 16.8. The van der Waals surface area contributed by atoms with Crippen LogP contribution in [0.1, 0.15) is 30.1 Å². The summed E-state index contributed by atoms with van der Waals surface area (Å²) < 4.78 is 10.1. The van der Waals surface area contributed by atoms with Crippen molar-refractivity contribution in [1.29, 1.82) is 0 Å². The lowest BCUT2D eigenvalue weighted by atomic mass is 10.2. The first kappa shape index (κ1) is 22.6. The third-order valence-corrected chi connectivity index (χ3v) is 4.57. The summed E-state index contributed by atoms with van der Waals surface area (Å²) in [5.41, 5.74) is 0.578. The van der Waals surface area contributed by atoms with E-state index in [0.717, 1.165) is 0 Å². The predicted molar refractivity (Wildman–Crippen MR) is 109 cm³/mol. The Morgan fingerprint density at radius 2 is 2.10 bits per heavy atom. The molecular weight excluding hydrogens is 396 g/mol. The van der Waals surface area contributed by atoms with Crippen LogP contribution in [0.3, 0.4) is 0 Å². The number of hydrogen-bond donors (Lipinski definition) is 2. The normalized spacial score (nSPS) is 10.8. The molecule has 2 aromatic heterocycles. The molecule has 10 heteroatoms. The number of carbonyl (C=O) groups excluding carboxylic acids is 3. The molecule has 0 bridgehead atoms. The minimum atomic E-state index is -0.399. The molecule has 0 radical (unpaired) electrons. The molecule has 2 heterocycles. The van der Waals surface area contributed by atoms with Crippen molar-refractivity contribution >= 4 is 34.2 Å². The molecule has 3 amide bonds. The molecule has 2 N–H and O–H groups in total. The van der Waals surface area contributed by atoms with Crippen LogP contribution in [0.15, 0.2) is 28.2 Å². The molecule has 0 atom stereocenters. The Bertz CT molecular complexity index is 803. The van der Waals surface area contributed by atoms with E-state index in [2.05, 4.69) is 15.6 Å². The smallest absolute Gasteiger partial charge is 0.290 e. The number of rotatable bonds is 11. The monoisotopic (exact) mass is 422 g/mol. The number of thiazole rings is 1. The predicted octanol–water partition coefficient (Wildman–Crippen LogP) is 1.78. The summed E-state index contributed by atoms with van der Waals surface area (Å²) in [6, 6.07) is 3.15. The van der Waals surface area contributed by atoms with Crippen molar-refractivity contribution in [3.63, 3.8) is 0 Å². The summed E-state index contributed by atoms with van der Waals surface area (Å²) in [5, 5.41) is 7.59. The van der Waals surface area contributed by atoms with Crippen LogP contribution < -0.4 is 10.6 Å². The van der Waals surface area contributed by atoms with E-state index in [1.165, 1.54) is 35.7 Å². The minimum Gasteiger partial charge on any atom is -0.459 e. The molecular formula is C19H26N4O5S. The second-order valence-corrected chi connectivity index (χ2v) is 7.62. The Hall–Kier alpha value is -2.72. The van der Waals surface area contributed by atoms with Gasteiger partial charge in [-0.3, -0.25) is 14.4 Å². The van der Waals surface area contributed by atoms with E-state index in [-0.39, 0.29) is 37.8 Å². The lowest BCUT2D eigenvalue weighted by Gasteiger charge is -2.20. The number of carbonyl (C=O) groups is 3. The van der Waals surface area contributed by atoms with E-state index < -0.39 is 11.8 Å². The van der Waals surface area contributed by atoms with Crippen LogP contribution in [0.4, 0.5) is 5.13 Å². The second kappa shape index (κ2) is 11.3. The molecule has 0 spiro atoms. The zero-order valence-corrected chi connectivity index (χ0v) is 17.6. The van der Waals surface area contributed by atoms with Crippen molar-refractivity contribution in [2.24, 2.45) is 5.92 Å². The molecule has 0 aliphatic rings. The number of nitrogens with one attached hydrogen (secondary N) is 2. The molecule has 158 valence electrons. The van der Waals surface area contributed by atoms with Crippen LogP contribution in [0.5, 0.6) is 0 Å². The largest absolute Gasteiger partial charge is 0.459 e. The van der Waals surface area contributed by atoms with Gasteiger partial charge in [0.15, 0.2) is 10.9 Å². The minimum absolute atomic E-state index is 0.114. The lowest BCUT2D eigenvalue weighted by molar-refractivity contribution is -0.120. The average Bonchev–Trinajstić information content (AvgIpc) is 3.35. The van der Waals surface area contributed by atoms with E-state index in [0.29, 0.717) is 23.3 Å². The fourth-order valence-corrected chi connectivity index (χ4v) is 3.06. The number of furan rings is 1. The molecule has 2 aromatic rings. The maximum atomic E-state index is 12.5. The Balaban J connectivity index is 1.90. The standard InChI is InChI=1S/C19H26N4O5S/c1-13(2)10-20-16(24)9-14-12-29-19(21-14)22-17(25)11-23(6-8-27-3)18(26)15-5-4-7-28-15/h4-5,7,12-13H,6,8-11H2,1-3H3,(H,20,24)(H,21,22,25). The quantitative estimate of drug-likeness (QED) is 0.571. The van der Waals surface area contributed by atoms with Crippen LogP contribution in [-0.4, -0.2) is 61.0 Å². The summed E-state index contributed by atoms with van der Waals surface area (Å²) in [7, 11) is 1.52. The second-order valence-electron chi connectivity index (χ2n) is 6.76. The summed E-state index contributed by atoms with van der Waals surface area (Å²) in [4.78, 5) is 42.3. The van der Waals surface area contributed by atoms with Gasteiger partial charge in [-0.25, -0.2) is 4.98 Å². The highest BCUT2D eigenvalue weighted by Gasteiger charge is 2.21. The van der Waals surface area contributed by atoms with E-state index >= 15 is 0 Å². The summed E-state index contributed by atoms with van der Waals surface area (Å²) in [6.07, 6.45) is 1.55. The fraction of sp³-hybridized carbons (Fsp3) is 0.474. The third kappa shape index (κ3) is 7.66. The lowest BCUT2D eigenvalue weighted by Crippen LogP contribution is -2.39. The summed E-state index contributed by atoms with van der Waals surface area (Å²) >= 11 is 1.23. The first-order valence-corrected chi connectivity index (χ1v) is 10.1. The number of amides is 3. The highest BCUT2D eigenvalue weighted by Crippen LogP contribution is 2.16. The van der Waals surface area contributed by atoms with Gasteiger partial charge in [0.05, 0.1) is 25.0 Å².